The predicted molar refractivity (Wildman–Crippen MR) is 72.4 cm³/mol. The summed E-state index contributed by atoms with van der Waals surface area (Å²) in [4.78, 5) is 6.89. The Labute approximate surface area is 109 Å². The highest BCUT2D eigenvalue weighted by Crippen LogP contribution is 2.12. The van der Waals surface area contributed by atoms with Gasteiger partial charge in [0.25, 0.3) is 0 Å². The molecule has 0 aliphatic carbocycles. The first kappa shape index (κ1) is 12.8. The minimum absolute atomic E-state index is 0.351. The molecule has 0 spiro atoms. The topological polar surface area (TPSA) is 52.0 Å². The lowest BCUT2D eigenvalue weighted by atomic mass is 10.2. The number of rotatable bonds is 4. The van der Waals surface area contributed by atoms with Gasteiger partial charge in [0, 0.05) is 18.3 Å². The quantitative estimate of drug-likeness (QED) is 0.881. The van der Waals surface area contributed by atoms with Crippen LogP contribution in [0.15, 0.2) is 12.1 Å². The summed E-state index contributed by atoms with van der Waals surface area (Å²) in [5.74, 6) is 0.804. The van der Waals surface area contributed by atoms with E-state index >= 15 is 0 Å². The highest BCUT2D eigenvalue weighted by Gasteiger charge is 2.14. The zero-order chi connectivity index (χ0) is 13.0. The second kappa shape index (κ2) is 5.83. The van der Waals surface area contributed by atoms with E-state index < -0.39 is 0 Å². The molecule has 0 bridgehead atoms. The average molecular weight is 244 g/mol. The number of nitrogens with zero attached hydrogens (tertiary/aromatic N) is 3. The van der Waals surface area contributed by atoms with Gasteiger partial charge in [-0.1, -0.05) is 0 Å². The van der Waals surface area contributed by atoms with E-state index in [0.29, 0.717) is 11.6 Å². The number of hydrogen-bond donors (Lipinski definition) is 1. The fourth-order valence-corrected chi connectivity index (χ4v) is 2.46. The van der Waals surface area contributed by atoms with Crippen LogP contribution in [0.3, 0.4) is 0 Å². The van der Waals surface area contributed by atoms with E-state index in [1.54, 1.807) is 6.07 Å². The molecule has 1 aromatic heterocycles. The van der Waals surface area contributed by atoms with Gasteiger partial charge in [-0.2, -0.15) is 5.26 Å². The van der Waals surface area contributed by atoms with E-state index in [0.717, 1.165) is 18.1 Å². The number of nitriles is 1. The van der Waals surface area contributed by atoms with Crippen molar-refractivity contribution in [2.45, 2.75) is 32.7 Å². The van der Waals surface area contributed by atoms with Crippen molar-refractivity contribution in [3.05, 3.63) is 23.4 Å². The van der Waals surface area contributed by atoms with Crippen molar-refractivity contribution in [3.63, 3.8) is 0 Å². The number of likely N-dealkylation sites (tertiary alicyclic amines) is 1. The molecular formula is C14H20N4. The summed E-state index contributed by atoms with van der Waals surface area (Å²) in [5, 5.41) is 12.3. The Hall–Kier alpha value is -1.60. The third-order valence-corrected chi connectivity index (χ3v) is 3.21. The van der Waals surface area contributed by atoms with E-state index in [1.165, 1.54) is 25.9 Å². The van der Waals surface area contributed by atoms with Gasteiger partial charge in [-0.3, -0.25) is 0 Å². The fourth-order valence-electron chi connectivity index (χ4n) is 2.46. The van der Waals surface area contributed by atoms with Crippen molar-refractivity contribution in [2.75, 3.05) is 25.0 Å². The Morgan fingerprint density at radius 1 is 1.44 bits per heavy atom. The summed E-state index contributed by atoms with van der Waals surface area (Å²) >= 11 is 0. The molecule has 4 heteroatoms. The molecule has 1 saturated heterocycles. The minimum atomic E-state index is 0.351. The summed E-state index contributed by atoms with van der Waals surface area (Å²) in [7, 11) is 0. The van der Waals surface area contributed by atoms with E-state index in [-0.39, 0.29) is 0 Å². The van der Waals surface area contributed by atoms with Crippen LogP contribution in [-0.2, 0) is 0 Å². The van der Waals surface area contributed by atoms with Crippen LogP contribution < -0.4 is 5.32 Å². The SMILES string of the molecule is Cc1cc(C#N)cc(NC(C)CN2CCCC2)n1. The van der Waals surface area contributed by atoms with Crippen LogP contribution in [0.5, 0.6) is 0 Å². The van der Waals surface area contributed by atoms with Crippen LogP contribution in [0, 0.1) is 18.3 Å². The number of aromatic nitrogens is 1. The van der Waals surface area contributed by atoms with Gasteiger partial charge in [0.1, 0.15) is 5.82 Å². The lowest BCUT2D eigenvalue weighted by Gasteiger charge is -2.21. The van der Waals surface area contributed by atoms with Crippen LogP contribution in [0.2, 0.25) is 0 Å². The Bertz CT molecular complexity index is 444. The second-order valence-electron chi connectivity index (χ2n) is 5.05. The van der Waals surface area contributed by atoms with Gasteiger partial charge in [-0.05, 0) is 51.9 Å². The summed E-state index contributed by atoms with van der Waals surface area (Å²) in [5.41, 5.74) is 1.54. The molecule has 0 aromatic carbocycles. The number of pyridine rings is 1. The molecule has 2 rings (SSSR count). The number of nitrogens with one attached hydrogen (secondary N) is 1. The first-order valence-corrected chi connectivity index (χ1v) is 6.55. The molecule has 1 fully saturated rings. The van der Waals surface area contributed by atoms with Gasteiger partial charge < -0.3 is 10.2 Å². The molecule has 1 aromatic rings. The van der Waals surface area contributed by atoms with Gasteiger partial charge in [-0.25, -0.2) is 4.98 Å². The summed E-state index contributed by atoms with van der Waals surface area (Å²) in [6, 6.07) is 6.13. The Morgan fingerprint density at radius 3 is 2.83 bits per heavy atom. The second-order valence-corrected chi connectivity index (χ2v) is 5.05. The molecule has 1 aliphatic rings. The summed E-state index contributed by atoms with van der Waals surface area (Å²) in [6.45, 7) is 7.52. The molecule has 0 saturated carbocycles. The van der Waals surface area contributed by atoms with Crippen LogP contribution in [0.1, 0.15) is 31.0 Å². The van der Waals surface area contributed by atoms with Crippen LogP contribution in [-0.4, -0.2) is 35.6 Å². The zero-order valence-corrected chi connectivity index (χ0v) is 11.1. The first-order chi connectivity index (χ1) is 8.67. The number of anilines is 1. The van der Waals surface area contributed by atoms with E-state index in [1.807, 2.05) is 13.0 Å². The van der Waals surface area contributed by atoms with Gasteiger partial charge >= 0.3 is 0 Å². The monoisotopic (exact) mass is 244 g/mol. The van der Waals surface area contributed by atoms with E-state index in [4.69, 9.17) is 5.26 Å². The van der Waals surface area contributed by atoms with Gasteiger partial charge in [0.2, 0.25) is 0 Å². The highest BCUT2D eigenvalue weighted by atomic mass is 15.2. The largest absolute Gasteiger partial charge is 0.366 e. The average Bonchev–Trinajstić information content (AvgIpc) is 2.80. The molecule has 18 heavy (non-hydrogen) atoms. The van der Waals surface area contributed by atoms with E-state index in [2.05, 4.69) is 28.2 Å². The van der Waals surface area contributed by atoms with Crippen LogP contribution in [0.4, 0.5) is 5.82 Å². The van der Waals surface area contributed by atoms with Gasteiger partial charge in [0.15, 0.2) is 0 Å². The highest BCUT2D eigenvalue weighted by molar-refractivity contribution is 5.44. The molecule has 4 nitrogen and oxygen atoms in total. The molecule has 1 atom stereocenters. The van der Waals surface area contributed by atoms with E-state index in [9.17, 15) is 0 Å². The van der Waals surface area contributed by atoms with Crippen LogP contribution >= 0.6 is 0 Å². The van der Waals surface area contributed by atoms with Crippen molar-refractivity contribution in [1.29, 1.82) is 5.26 Å². The van der Waals surface area contributed by atoms with Crippen molar-refractivity contribution >= 4 is 5.82 Å². The van der Waals surface area contributed by atoms with Crippen molar-refractivity contribution in [1.82, 2.24) is 9.88 Å². The molecule has 1 unspecified atom stereocenters. The molecule has 0 amide bonds. The first-order valence-electron chi connectivity index (χ1n) is 6.55. The molecule has 0 radical (unpaired) electrons. The normalized spacial score (nSPS) is 17.4. The minimum Gasteiger partial charge on any atom is -0.366 e. The molecular weight excluding hydrogens is 224 g/mol. The van der Waals surface area contributed by atoms with Crippen molar-refractivity contribution in [3.8, 4) is 6.07 Å². The van der Waals surface area contributed by atoms with Crippen molar-refractivity contribution < 1.29 is 0 Å². The maximum Gasteiger partial charge on any atom is 0.127 e. The predicted octanol–water partition coefficient (Wildman–Crippen LogP) is 2.16. The Morgan fingerprint density at radius 2 is 2.17 bits per heavy atom. The maximum atomic E-state index is 8.94. The summed E-state index contributed by atoms with van der Waals surface area (Å²) in [6.07, 6.45) is 2.63. The fraction of sp³-hybridized carbons (Fsp3) is 0.571. The third kappa shape index (κ3) is 3.44. The molecule has 2 heterocycles. The lowest BCUT2D eigenvalue weighted by Crippen LogP contribution is -2.33. The number of aryl methyl sites for hydroxylation is 1. The lowest BCUT2D eigenvalue weighted by molar-refractivity contribution is 0.327. The molecule has 1 aliphatic heterocycles. The summed E-state index contributed by atoms with van der Waals surface area (Å²) < 4.78 is 0. The smallest absolute Gasteiger partial charge is 0.127 e. The maximum absolute atomic E-state index is 8.94. The Balaban J connectivity index is 1.95. The molecule has 1 N–H and O–H groups in total. The zero-order valence-electron chi connectivity index (χ0n) is 11.1. The van der Waals surface area contributed by atoms with Crippen molar-refractivity contribution in [2.24, 2.45) is 0 Å². The molecule has 96 valence electrons. The number of hydrogen-bond acceptors (Lipinski definition) is 4. The standard InChI is InChI=1S/C14H20N4/c1-11-7-13(9-15)8-14(16-11)17-12(2)10-18-5-3-4-6-18/h7-8,12H,3-6,10H2,1-2H3,(H,16,17). The van der Waals surface area contributed by atoms with Gasteiger partial charge in [-0.15, -0.1) is 0 Å². The van der Waals surface area contributed by atoms with Gasteiger partial charge in [0.05, 0.1) is 11.6 Å². The third-order valence-electron chi connectivity index (χ3n) is 3.21. The Kier molecular flexibility index (Phi) is 4.16. The van der Waals surface area contributed by atoms with Crippen LogP contribution in [0.25, 0.3) is 0 Å².